The van der Waals surface area contributed by atoms with Gasteiger partial charge in [-0.05, 0) is 35.8 Å². The fraction of sp³-hybridized carbons (Fsp3) is 0.389. The average Bonchev–Trinajstić information content (AvgIpc) is 3.13. The van der Waals surface area contributed by atoms with Gasteiger partial charge in [0.15, 0.2) is 0 Å². The standard InChI is InChI=1S/C18H23N5O2/c1-11(2)6-14(10-25-3)20-18-21-16(17(24)22-18)8-12-4-5-15-13(7-12)9-19-23-15/h4-5,7-9,11,14,24H,6,10H2,1-3H3,(H2,20,21,22)/b12-8+/t14-/m1/s1. The summed E-state index contributed by atoms with van der Waals surface area (Å²) in [4.78, 5) is 7.29. The molecule has 132 valence electrons. The summed E-state index contributed by atoms with van der Waals surface area (Å²) in [6, 6.07) is 5.92. The van der Waals surface area contributed by atoms with Gasteiger partial charge in [0, 0.05) is 12.7 Å². The van der Waals surface area contributed by atoms with E-state index in [1.165, 1.54) is 0 Å². The maximum atomic E-state index is 10.1. The molecular formula is C18H23N5O2. The predicted molar refractivity (Wildman–Crippen MR) is 97.4 cm³/mol. The van der Waals surface area contributed by atoms with E-state index in [4.69, 9.17) is 4.74 Å². The van der Waals surface area contributed by atoms with E-state index in [9.17, 15) is 5.11 Å². The lowest BCUT2D eigenvalue weighted by Crippen LogP contribution is -2.27. The second-order valence-corrected chi connectivity index (χ2v) is 6.56. The van der Waals surface area contributed by atoms with Crippen LogP contribution in [-0.4, -0.2) is 41.0 Å². The first-order valence-corrected chi connectivity index (χ1v) is 8.32. The number of aromatic nitrogens is 2. The van der Waals surface area contributed by atoms with Gasteiger partial charge in [-0.15, -0.1) is 0 Å². The molecule has 2 aromatic rings. The molecule has 25 heavy (non-hydrogen) atoms. The molecule has 0 fully saturated rings. The van der Waals surface area contributed by atoms with Crippen molar-refractivity contribution >= 4 is 18.2 Å². The zero-order chi connectivity index (χ0) is 17.8. The van der Waals surface area contributed by atoms with Gasteiger partial charge in [0.05, 0.1) is 24.2 Å². The van der Waals surface area contributed by atoms with Crippen molar-refractivity contribution < 1.29 is 9.84 Å². The summed E-state index contributed by atoms with van der Waals surface area (Å²) in [5.41, 5.74) is 1.51. The Morgan fingerprint density at radius 2 is 2.20 bits per heavy atom. The zero-order valence-corrected chi connectivity index (χ0v) is 14.7. The van der Waals surface area contributed by atoms with Gasteiger partial charge in [-0.1, -0.05) is 19.9 Å². The Balaban J connectivity index is 1.81. The smallest absolute Gasteiger partial charge is 0.238 e. The molecule has 0 unspecified atom stereocenters. The molecule has 0 amide bonds. The minimum absolute atomic E-state index is 0.0398. The van der Waals surface area contributed by atoms with Crippen LogP contribution >= 0.6 is 0 Å². The number of nitrogens with zero attached hydrogens (tertiary/aromatic N) is 3. The highest BCUT2D eigenvalue weighted by atomic mass is 16.5. The third-order valence-corrected chi connectivity index (χ3v) is 3.90. The normalized spacial score (nSPS) is 14.6. The molecule has 0 aliphatic carbocycles. The molecular weight excluding hydrogens is 318 g/mol. The molecule has 3 rings (SSSR count). The van der Waals surface area contributed by atoms with E-state index in [-0.39, 0.29) is 11.9 Å². The molecule has 1 aliphatic rings. The van der Waals surface area contributed by atoms with Crippen molar-refractivity contribution in [2.24, 2.45) is 16.1 Å². The van der Waals surface area contributed by atoms with Crippen molar-refractivity contribution in [2.45, 2.75) is 26.3 Å². The van der Waals surface area contributed by atoms with Crippen LogP contribution in [0.5, 0.6) is 5.88 Å². The third-order valence-electron chi connectivity index (χ3n) is 3.90. The van der Waals surface area contributed by atoms with Crippen molar-refractivity contribution in [1.29, 1.82) is 0 Å². The summed E-state index contributed by atoms with van der Waals surface area (Å²) < 4.78 is 5.26. The first-order chi connectivity index (χ1) is 12.0. The average molecular weight is 341 g/mol. The summed E-state index contributed by atoms with van der Waals surface area (Å²) in [5, 5.41) is 23.1. The molecule has 3 N–H and O–H groups in total. The van der Waals surface area contributed by atoms with Gasteiger partial charge >= 0.3 is 0 Å². The first-order valence-electron chi connectivity index (χ1n) is 8.32. The number of ether oxygens (including phenoxy) is 1. The van der Waals surface area contributed by atoms with Crippen LogP contribution in [0.25, 0.3) is 6.08 Å². The summed E-state index contributed by atoms with van der Waals surface area (Å²) in [5.74, 6) is 1.02. The lowest BCUT2D eigenvalue weighted by atomic mass is 10.0. The van der Waals surface area contributed by atoms with Gasteiger partial charge in [0.25, 0.3) is 0 Å². The molecule has 0 radical (unpaired) electrons. The fourth-order valence-corrected chi connectivity index (χ4v) is 2.86. The Bertz CT molecular complexity index is 885. The number of methoxy groups -OCH3 is 1. The van der Waals surface area contributed by atoms with E-state index in [2.05, 4.69) is 39.3 Å². The second-order valence-electron chi connectivity index (χ2n) is 6.56. The highest BCUT2D eigenvalue weighted by molar-refractivity contribution is 5.80. The van der Waals surface area contributed by atoms with Gasteiger partial charge < -0.3 is 20.1 Å². The Hall–Kier alpha value is -2.67. The molecule has 0 spiro atoms. The van der Waals surface area contributed by atoms with Crippen LogP contribution in [0.15, 0.2) is 28.4 Å². The van der Waals surface area contributed by atoms with Crippen molar-refractivity contribution in [3.8, 4) is 5.88 Å². The number of nitrogens with one attached hydrogen (secondary N) is 2. The van der Waals surface area contributed by atoms with Crippen LogP contribution in [0.3, 0.4) is 0 Å². The van der Waals surface area contributed by atoms with E-state index in [1.807, 2.05) is 24.3 Å². The minimum Gasteiger partial charge on any atom is -0.492 e. The highest BCUT2D eigenvalue weighted by Gasteiger charge is 2.14. The van der Waals surface area contributed by atoms with Gasteiger partial charge in [-0.25, -0.2) is 0 Å². The van der Waals surface area contributed by atoms with Crippen molar-refractivity contribution in [2.75, 3.05) is 19.0 Å². The quantitative estimate of drug-likeness (QED) is 0.709. The van der Waals surface area contributed by atoms with Crippen molar-refractivity contribution in [3.05, 3.63) is 40.0 Å². The van der Waals surface area contributed by atoms with Crippen molar-refractivity contribution in [3.63, 3.8) is 0 Å². The summed E-state index contributed by atoms with van der Waals surface area (Å²) >= 11 is 0. The first kappa shape index (κ1) is 17.2. The molecule has 1 aromatic heterocycles. The lowest BCUT2D eigenvalue weighted by Gasteiger charge is -2.19. The Kier molecular flexibility index (Phi) is 5.14. The van der Waals surface area contributed by atoms with E-state index < -0.39 is 0 Å². The molecule has 2 heterocycles. The molecule has 1 aromatic carbocycles. The van der Waals surface area contributed by atoms with Crippen LogP contribution in [0.1, 0.15) is 31.5 Å². The molecule has 0 saturated heterocycles. The third kappa shape index (κ3) is 4.24. The SMILES string of the molecule is COC[C@@H](CC(C)C)Nc1nc(O)c(/C=c2\ccc3c(c2)C=NN=3)[nH]1. The van der Waals surface area contributed by atoms with Crippen LogP contribution in [0, 0.1) is 5.92 Å². The molecule has 0 saturated carbocycles. The summed E-state index contributed by atoms with van der Waals surface area (Å²) in [6.07, 6.45) is 4.50. The molecule has 1 atom stereocenters. The Labute approximate surface area is 146 Å². The van der Waals surface area contributed by atoms with Gasteiger partial charge in [0.2, 0.25) is 11.8 Å². The minimum atomic E-state index is -0.0398. The number of fused-ring (bicyclic) bond motifs is 1. The number of anilines is 1. The molecule has 0 bridgehead atoms. The summed E-state index contributed by atoms with van der Waals surface area (Å²) in [6.45, 7) is 4.89. The Morgan fingerprint density at radius 1 is 1.36 bits per heavy atom. The van der Waals surface area contributed by atoms with E-state index in [0.29, 0.717) is 24.2 Å². The number of benzene rings is 1. The number of aromatic amines is 1. The van der Waals surface area contributed by atoms with Gasteiger partial charge in [-0.2, -0.15) is 15.2 Å². The van der Waals surface area contributed by atoms with Crippen molar-refractivity contribution in [1.82, 2.24) is 9.97 Å². The largest absolute Gasteiger partial charge is 0.492 e. The van der Waals surface area contributed by atoms with E-state index >= 15 is 0 Å². The van der Waals surface area contributed by atoms with Crippen LogP contribution < -0.4 is 15.9 Å². The highest BCUT2D eigenvalue weighted by Crippen LogP contribution is 2.19. The number of rotatable bonds is 7. The maximum absolute atomic E-state index is 10.1. The van der Waals surface area contributed by atoms with E-state index in [1.54, 1.807) is 13.3 Å². The summed E-state index contributed by atoms with van der Waals surface area (Å²) in [7, 11) is 1.68. The molecule has 7 heteroatoms. The topological polar surface area (TPSA) is 94.9 Å². The number of H-pyrrole nitrogens is 1. The number of imidazole rings is 1. The number of aromatic hydroxyl groups is 1. The number of hydrogen-bond donors (Lipinski definition) is 3. The van der Waals surface area contributed by atoms with E-state index in [0.717, 1.165) is 22.6 Å². The monoisotopic (exact) mass is 341 g/mol. The van der Waals surface area contributed by atoms with Crippen LogP contribution in [0.4, 0.5) is 5.95 Å². The zero-order valence-electron chi connectivity index (χ0n) is 14.7. The fourth-order valence-electron chi connectivity index (χ4n) is 2.86. The lowest BCUT2D eigenvalue weighted by molar-refractivity contribution is 0.178. The predicted octanol–water partition coefficient (Wildman–Crippen LogP) is 1.38. The van der Waals surface area contributed by atoms with Crippen LogP contribution in [-0.2, 0) is 4.74 Å². The maximum Gasteiger partial charge on any atom is 0.238 e. The molecule has 1 aliphatic heterocycles. The Morgan fingerprint density at radius 3 is 2.96 bits per heavy atom. The van der Waals surface area contributed by atoms with Crippen LogP contribution in [0.2, 0.25) is 0 Å². The van der Waals surface area contributed by atoms with Gasteiger partial charge in [0.1, 0.15) is 5.69 Å². The second kappa shape index (κ2) is 7.48. The number of hydrogen-bond acceptors (Lipinski definition) is 6. The molecule has 7 nitrogen and oxygen atoms in total. The van der Waals surface area contributed by atoms with Gasteiger partial charge in [-0.3, -0.25) is 0 Å².